The Morgan fingerprint density at radius 2 is 1.68 bits per heavy atom. The standard InChI is InChI=1S/C20H19N3O5/c1-22(14-7-3-2-4-8-14)18(25)15-9-5-6-10-16(15)19(26)28-13-17(24)23-12-11-21-20(23)27/h2-10H,11-13H2,1H3,(H,21,27). The first-order valence-corrected chi connectivity index (χ1v) is 8.66. The number of rotatable bonds is 5. The van der Waals surface area contributed by atoms with Crippen LogP contribution in [0.2, 0.25) is 0 Å². The highest BCUT2D eigenvalue weighted by Crippen LogP contribution is 2.18. The summed E-state index contributed by atoms with van der Waals surface area (Å²) >= 11 is 0. The van der Waals surface area contributed by atoms with Crippen molar-refractivity contribution in [3.63, 3.8) is 0 Å². The number of urea groups is 1. The lowest BCUT2D eigenvalue weighted by Crippen LogP contribution is -2.37. The van der Waals surface area contributed by atoms with E-state index in [0.717, 1.165) is 4.90 Å². The van der Waals surface area contributed by atoms with Crippen molar-refractivity contribution in [2.75, 3.05) is 31.6 Å². The minimum absolute atomic E-state index is 0.0500. The quantitative estimate of drug-likeness (QED) is 0.795. The molecule has 1 saturated heterocycles. The van der Waals surface area contributed by atoms with Crippen molar-refractivity contribution < 1.29 is 23.9 Å². The third-order valence-electron chi connectivity index (χ3n) is 4.31. The van der Waals surface area contributed by atoms with Crippen LogP contribution in [0.4, 0.5) is 10.5 Å². The fraction of sp³-hybridized carbons (Fsp3) is 0.200. The molecule has 1 fully saturated rings. The molecule has 1 heterocycles. The second-order valence-electron chi connectivity index (χ2n) is 6.10. The fourth-order valence-electron chi connectivity index (χ4n) is 2.79. The number of nitrogens with one attached hydrogen (secondary N) is 1. The van der Waals surface area contributed by atoms with E-state index in [0.29, 0.717) is 12.2 Å². The van der Waals surface area contributed by atoms with Gasteiger partial charge in [0.25, 0.3) is 11.8 Å². The summed E-state index contributed by atoms with van der Waals surface area (Å²) in [6, 6.07) is 14.7. The molecule has 0 bridgehead atoms. The third kappa shape index (κ3) is 4.01. The first kappa shape index (κ1) is 19.1. The summed E-state index contributed by atoms with van der Waals surface area (Å²) in [5.41, 5.74) is 0.880. The van der Waals surface area contributed by atoms with Gasteiger partial charge in [0.15, 0.2) is 6.61 Å². The van der Waals surface area contributed by atoms with E-state index in [4.69, 9.17) is 4.74 Å². The molecule has 8 nitrogen and oxygen atoms in total. The number of benzene rings is 2. The summed E-state index contributed by atoms with van der Waals surface area (Å²) in [6.45, 7) is 0.0111. The van der Waals surface area contributed by atoms with Crippen molar-refractivity contribution in [2.24, 2.45) is 0 Å². The van der Waals surface area contributed by atoms with E-state index in [1.807, 2.05) is 6.07 Å². The number of carbonyl (C=O) groups is 4. The average Bonchev–Trinajstić information content (AvgIpc) is 3.17. The molecule has 3 rings (SSSR count). The maximum absolute atomic E-state index is 12.9. The van der Waals surface area contributed by atoms with E-state index in [1.54, 1.807) is 43.4 Å². The summed E-state index contributed by atoms with van der Waals surface area (Å²) in [6.07, 6.45) is 0. The van der Waals surface area contributed by atoms with Crippen molar-refractivity contribution in [1.82, 2.24) is 10.2 Å². The Hall–Kier alpha value is -3.68. The fourth-order valence-corrected chi connectivity index (χ4v) is 2.79. The van der Waals surface area contributed by atoms with E-state index in [1.165, 1.54) is 17.0 Å². The highest BCUT2D eigenvalue weighted by molar-refractivity contribution is 6.12. The lowest BCUT2D eigenvalue weighted by Gasteiger charge is -2.19. The van der Waals surface area contributed by atoms with E-state index in [9.17, 15) is 19.2 Å². The van der Waals surface area contributed by atoms with Crippen molar-refractivity contribution in [3.8, 4) is 0 Å². The molecule has 0 radical (unpaired) electrons. The molecule has 0 saturated carbocycles. The number of ether oxygens (including phenoxy) is 1. The summed E-state index contributed by atoms with van der Waals surface area (Å²) in [4.78, 5) is 51.2. The van der Waals surface area contributed by atoms with Gasteiger partial charge in [0, 0.05) is 25.8 Å². The molecular formula is C20H19N3O5. The largest absolute Gasteiger partial charge is 0.452 e. The van der Waals surface area contributed by atoms with Crippen LogP contribution in [0.1, 0.15) is 20.7 Å². The molecule has 2 aromatic carbocycles. The molecular weight excluding hydrogens is 362 g/mol. The minimum atomic E-state index is -0.807. The van der Waals surface area contributed by atoms with E-state index >= 15 is 0 Å². The predicted octanol–water partition coefficient (Wildman–Crippen LogP) is 1.67. The van der Waals surface area contributed by atoms with Gasteiger partial charge in [-0.2, -0.15) is 0 Å². The molecule has 1 N–H and O–H groups in total. The number of anilines is 1. The second kappa shape index (κ2) is 8.34. The summed E-state index contributed by atoms with van der Waals surface area (Å²) in [5.74, 6) is -1.81. The molecule has 1 aliphatic heterocycles. The van der Waals surface area contributed by atoms with Gasteiger partial charge in [-0.25, -0.2) is 9.59 Å². The van der Waals surface area contributed by atoms with E-state index in [2.05, 4.69) is 5.32 Å². The Kier molecular flexibility index (Phi) is 5.69. The van der Waals surface area contributed by atoms with Crippen LogP contribution in [0.25, 0.3) is 0 Å². The van der Waals surface area contributed by atoms with Crippen LogP contribution in [-0.4, -0.2) is 55.5 Å². The zero-order chi connectivity index (χ0) is 20.1. The monoisotopic (exact) mass is 381 g/mol. The van der Waals surface area contributed by atoms with Gasteiger partial charge in [-0.05, 0) is 24.3 Å². The number of esters is 1. The first-order valence-electron chi connectivity index (χ1n) is 8.66. The van der Waals surface area contributed by atoms with Gasteiger partial charge in [-0.1, -0.05) is 30.3 Å². The Morgan fingerprint density at radius 1 is 1.04 bits per heavy atom. The van der Waals surface area contributed by atoms with Crippen molar-refractivity contribution >= 4 is 29.5 Å². The predicted molar refractivity (Wildman–Crippen MR) is 101 cm³/mol. The minimum Gasteiger partial charge on any atom is -0.452 e. The SMILES string of the molecule is CN(C(=O)c1ccccc1C(=O)OCC(=O)N1CCNC1=O)c1ccccc1. The van der Waals surface area contributed by atoms with Gasteiger partial charge in [0.2, 0.25) is 0 Å². The molecule has 0 atom stereocenters. The highest BCUT2D eigenvalue weighted by atomic mass is 16.5. The maximum atomic E-state index is 12.9. The lowest BCUT2D eigenvalue weighted by molar-refractivity contribution is -0.130. The molecule has 1 aliphatic rings. The van der Waals surface area contributed by atoms with Gasteiger partial charge in [0.05, 0.1) is 11.1 Å². The van der Waals surface area contributed by atoms with Gasteiger partial charge in [-0.15, -0.1) is 0 Å². The third-order valence-corrected chi connectivity index (χ3v) is 4.31. The molecule has 2 aromatic rings. The lowest BCUT2D eigenvalue weighted by atomic mass is 10.1. The van der Waals surface area contributed by atoms with Crippen molar-refractivity contribution in [1.29, 1.82) is 0 Å². The molecule has 8 heteroatoms. The Morgan fingerprint density at radius 3 is 2.32 bits per heavy atom. The molecule has 4 amide bonds. The number of para-hydroxylation sites is 1. The Balaban J connectivity index is 1.72. The topological polar surface area (TPSA) is 96.0 Å². The van der Waals surface area contributed by atoms with Gasteiger partial charge < -0.3 is 15.0 Å². The molecule has 0 aliphatic carbocycles. The van der Waals surface area contributed by atoms with Gasteiger partial charge in [0.1, 0.15) is 0 Å². The molecule has 0 unspecified atom stereocenters. The zero-order valence-electron chi connectivity index (χ0n) is 15.3. The molecule has 28 heavy (non-hydrogen) atoms. The van der Waals surface area contributed by atoms with Crippen LogP contribution in [0.3, 0.4) is 0 Å². The van der Waals surface area contributed by atoms with Crippen LogP contribution in [-0.2, 0) is 9.53 Å². The Labute approximate surface area is 161 Å². The highest BCUT2D eigenvalue weighted by Gasteiger charge is 2.28. The molecule has 0 spiro atoms. The molecule has 144 valence electrons. The summed E-state index contributed by atoms with van der Waals surface area (Å²) < 4.78 is 5.05. The van der Waals surface area contributed by atoms with Gasteiger partial charge in [-0.3, -0.25) is 14.5 Å². The van der Waals surface area contributed by atoms with Crippen LogP contribution >= 0.6 is 0 Å². The van der Waals surface area contributed by atoms with Crippen LogP contribution in [0, 0.1) is 0 Å². The molecule has 0 aromatic heterocycles. The Bertz CT molecular complexity index is 913. The van der Waals surface area contributed by atoms with E-state index in [-0.39, 0.29) is 23.6 Å². The second-order valence-corrected chi connectivity index (χ2v) is 6.10. The number of nitrogens with zero attached hydrogens (tertiary/aromatic N) is 2. The number of carbonyl (C=O) groups excluding carboxylic acids is 4. The first-order chi connectivity index (χ1) is 13.5. The van der Waals surface area contributed by atoms with Crippen molar-refractivity contribution in [2.45, 2.75) is 0 Å². The smallest absolute Gasteiger partial charge is 0.339 e. The normalized spacial score (nSPS) is 13.0. The summed E-state index contributed by atoms with van der Waals surface area (Å²) in [7, 11) is 1.61. The van der Waals surface area contributed by atoms with E-state index < -0.39 is 24.5 Å². The average molecular weight is 381 g/mol. The van der Waals surface area contributed by atoms with Crippen LogP contribution in [0.5, 0.6) is 0 Å². The number of hydrogen-bond acceptors (Lipinski definition) is 5. The number of hydrogen-bond donors (Lipinski definition) is 1. The summed E-state index contributed by atoms with van der Waals surface area (Å²) in [5, 5.41) is 2.50. The maximum Gasteiger partial charge on any atom is 0.339 e. The number of imide groups is 1. The van der Waals surface area contributed by atoms with Crippen LogP contribution in [0.15, 0.2) is 54.6 Å². The van der Waals surface area contributed by atoms with Crippen LogP contribution < -0.4 is 10.2 Å². The number of amides is 4. The van der Waals surface area contributed by atoms with Crippen molar-refractivity contribution in [3.05, 3.63) is 65.7 Å². The zero-order valence-corrected chi connectivity index (χ0v) is 15.3. The van der Waals surface area contributed by atoms with Gasteiger partial charge >= 0.3 is 12.0 Å².